The Morgan fingerprint density at radius 2 is 1.96 bits per heavy atom. The van der Waals surface area contributed by atoms with E-state index >= 15 is 0 Å². The van der Waals surface area contributed by atoms with Crippen molar-refractivity contribution < 1.29 is 4.79 Å². The molecule has 4 rings (SSSR count). The summed E-state index contributed by atoms with van der Waals surface area (Å²) in [5.41, 5.74) is 2.98. The first-order valence-corrected chi connectivity index (χ1v) is 8.09. The molecule has 2 heterocycles. The summed E-state index contributed by atoms with van der Waals surface area (Å²) in [5, 5.41) is 4.32. The summed E-state index contributed by atoms with van der Waals surface area (Å²) in [4.78, 5) is 18.6. The number of hydrogen-bond donors (Lipinski definition) is 0. The summed E-state index contributed by atoms with van der Waals surface area (Å²) < 4.78 is 2.64. The van der Waals surface area contributed by atoms with Crippen LogP contribution < -0.4 is 4.90 Å². The quantitative estimate of drug-likeness (QED) is 0.697. The van der Waals surface area contributed by atoms with Crippen LogP contribution in [0.5, 0.6) is 0 Å². The molecule has 0 atom stereocenters. The van der Waals surface area contributed by atoms with Gasteiger partial charge in [-0.1, -0.05) is 34.1 Å². The first kappa shape index (κ1) is 14.1. The molecule has 0 saturated carbocycles. The van der Waals surface area contributed by atoms with Gasteiger partial charge >= 0.3 is 0 Å². The minimum Gasteiger partial charge on any atom is -0.305 e. The van der Waals surface area contributed by atoms with E-state index < -0.39 is 0 Å². The lowest BCUT2D eigenvalue weighted by Crippen LogP contribution is -2.30. The zero-order valence-corrected chi connectivity index (χ0v) is 13.8. The molecule has 114 valence electrons. The van der Waals surface area contributed by atoms with E-state index in [1.807, 2.05) is 42.5 Å². The van der Waals surface area contributed by atoms with Gasteiger partial charge in [-0.05, 0) is 42.3 Å². The highest BCUT2D eigenvalue weighted by Gasteiger charge is 2.28. The summed E-state index contributed by atoms with van der Waals surface area (Å²) in [6, 6.07) is 15.6. The Morgan fingerprint density at radius 3 is 2.78 bits per heavy atom. The molecule has 5 nitrogen and oxygen atoms in total. The van der Waals surface area contributed by atoms with Gasteiger partial charge in [-0.15, -0.1) is 5.10 Å². The number of para-hydroxylation sites is 1. The molecule has 0 aliphatic carbocycles. The molecule has 6 heteroatoms. The van der Waals surface area contributed by atoms with Gasteiger partial charge in [0.1, 0.15) is 6.33 Å². The number of amides is 1. The van der Waals surface area contributed by atoms with Gasteiger partial charge in [0.05, 0.1) is 5.69 Å². The highest BCUT2D eigenvalue weighted by Crippen LogP contribution is 2.31. The lowest BCUT2D eigenvalue weighted by Gasteiger charge is -2.15. The molecule has 23 heavy (non-hydrogen) atoms. The van der Waals surface area contributed by atoms with Crippen molar-refractivity contribution in [3.8, 4) is 5.69 Å². The van der Waals surface area contributed by atoms with Crippen molar-refractivity contribution in [3.63, 3.8) is 0 Å². The molecule has 0 radical (unpaired) electrons. The molecule has 1 aliphatic rings. The van der Waals surface area contributed by atoms with Crippen molar-refractivity contribution in [1.82, 2.24) is 14.8 Å². The standard InChI is InChI=1S/C17H13BrN4O/c18-13-6-7-15-12(10-13)8-9-21(15)17(23)16-19-11-22(20-16)14-4-2-1-3-5-14/h1-7,10-11H,8-9H2. The molecule has 2 aromatic carbocycles. The Kier molecular flexibility index (Phi) is 3.46. The number of halogens is 1. The van der Waals surface area contributed by atoms with Gasteiger partial charge in [0.25, 0.3) is 5.91 Å². The van der Waals surface area contributed by atoms with Crippen LogP contribution in [0.3, 0.4) is 0 Å². The predicted molar refractivity (Wildman–Crippen MR) is 90.9 cm³/mol. The second kappa shape index (κ2) is 5.62. The van der Waals surface area contributed by atoms with Gasteiger partial charge in [-0.2, -0.15) is 0 Å². The van der Waals surface area contributed by atoms with Gasteiger partial charge in [-0.3, -0.25) is 4.79 Å². The number of hydrogen-bond acceptors (Lipinski definition) is 3. The Morgan fingerprint density at radius 1 is 1.13 bits per heavy atom. The minimum atomic E-state index is -0.166. The second-order valence-electron chi connectivity index (χ2n) is 5.33. The van der Waals surface area contributed by atoms with E-state index in [-0.39, 0.29) is 11.7 Å². The van der Waals surface area contributed by atoms with Gasteiger partial charge in [0, 0.05) is 16.7 Å². The maximum Gasteiger partial charge on any atom is 0.297 e. The molecule has 1 aromatic heterocycles. The Hall–Kier alpha value is -2.47. The van der Waals surface area contributed by atoms with Crippen LogP contribution >= 0.6 is 15.9 Å². The zero-order chi connectivity index (χ0) is 15.8. The normalized spacial score (nSPS) is 13.2. The number of anilines is 1. The van der Waals surface area contributed by atoms with E-state index in [2.05, 4.69) is 32.1 Å². The Balaban J connectivity index is 1.63. The van der Waals surface area contributed by atoms with Crippen LogP contribution in [-0.2, 0) is 6.42 Å². The fourth-order valence-electron chi connectivity index (χ4n) is 2.77. The zero-order valence-electron chi connectivity index (χ0n) is 12.2. The molecular formula is C17H13BrN4O. The number of rotatable bonds is 2. The van der Waals surface area contributed by atoms with E-state index in [1.165, 1.54) is 0 Å². The van der Waals surface area contributed by atoms with Crippen molar-refractivity contribution in [2.24, 2.45) is 0 Å². The largest absolute Gasteiger partial charge is 0.305 e. The third kappa shape index (κ3) is 2.55. The molecule has 0 unspecified atom stereocenters. The molecule has 0 bridgehead atoms. The smallest absolute Gasteiger partial charge is 0.297 e. The molecule has 0 N–H and O–H groups in total. The van der Waals surface area contributed by atoms with Gasteiger partial charge in [0.2, 0.25) is 5.82 Å². The van der Waals surface area contributed by atoms with Crippen LogP contribution in [0.1, 0.15) is 16.2 Å². The lowest BCUT2D eigenvalue weighted by atomic mass is 10.2. The molecule has 0 spiro atoms. The molecular weight excluding hydrogens is 356 g/mol. The van der Waals surface area contributed by atoms with Crippen molar-refractivity contribution in [2.75, 3.05) is 11.4 Å². The maximum atomic E-state index is 12.7. The number of benzene rings is 2. The first-order chi connectivity index (χ1) is 11.2. The first-order valence-electron chi connectivity index (χ1n) is 7.30. The fraction of sp³-hybridized carbons (Fsp3) is 0.118. The number of fused-ring (bicyclic) bond motifs is 1. The number of carbonyl (C=O) groups excluding carboxylic acids is 1. The van der Waals surface area contributed by atoms with E-state index in [0.29, 0.717) is 6.54 Å². The van der Waals surface area contributed by atoms with Crippen LogP contribution in [0.25, 0.3) is 5.69 Å². The average Bonchev–Trinajstić information content (AvgIpc) is 3.22. The molecule has 0 fully saturated rings. The van der Waals surface area contributed by atoms with Crippen LogP contribution in [-0.4, -0.2) is 27.2 Å². The van der Waals surface area contributed by atoms with Crippen molar-refractivity contribution in [2.45, 2.75) is 6.42 Å². The third-order valence-electron chi connectivity index (χ3n) is 3.89. The number of carbonyl (C=O) groups is 1. The van der Waals surface area contributed by atoms with Gasteiger partial charge in [-0.25, -0.2) is 9.67 Å². The van der Waals surface area contributed by atoms with Crippen LogP contribution in [0.15, 0.2) is 59.3 Å². The summed E-state index contributed by atoms with van der Waals surface area (Å²) in [6.45, 7) is 0.657. The van der Waals surface area contributed by atoms with Crippen molar-refractivity contribution in [1.29, 1.82) is 0 Å². The fourth-order valence-corrected chi connectivity index (χ4v) is 3.18. The molecule has 0 saturated heterocycles. The van der Waals surface area contributed by atoms with E-state index in [1.54, 1.807) is 15.9 Å². The topological polar surface area (TPSA) is 51.0 Å². The average molecular weight is 369 g/mol. The van der Waals surface area contributed by atoms with Crippen LogP contribution in [0, 0.1) is 0 Å². The summed E-state index contributed by atoms with van der Waals surface area (Å²) in [5.74, 6) is 0.0466. The molecule has 1 amide bonds. The summed E-state index contributed by atoms with van der Waals surface area (Å²) >= 11 is 3.46. The highest BCUT2D eigenvalue weighted by molar-refractivity contribution is 9.10. The van der Waals surface area contributed by atoms with E-state index in [4.69, 9.17) is 0 Å². The predicted octanol–water partition coefficient (Wildman–Crippen LogP) is 3.23. The SMILES string of the molecule is O=C(c1ncn(-c2ccccc2)n1)N1CCc2cc(Br)ccc21. The van der Waals surface area contributed by atoms with Crippen LogP contribution in [0.2, 0.25) is 0 Å². The lowest BCUT2D eigenvalue weighted by molar-refractivity contribution is 0.0979. The van der Waals surface area contributed by atoms with Gasteiger partial charge < -0.3 is 4.90 Å². The molecule has 1 aliphatic heterocycles. The van der Waals surface area contributed by atoms with E-state index in [9.17, 15) is 4.79 Å². The summed E-state index contributed by atoms with van der Waals surface area (Å²) in [7, 11) is 0. The Labute approximate surface area is 141 Å². The second-order valence-corrected chi connectivity index (χ2v) is 6.24. The van der Waals surface area contributed by atoms with Crippen LogP contribution in [0.4, 0.5) is 5.69 Å². The maximum absolute atomic E-state index is 12.7. The highest BCUT2D eigenvalue weighted by atomic mass is 79.9. The molecule has 3 aromatic rings. The van der Waals surface area contributed by atoms with Gasteiger partial charge in [0.15, 0.2) is 0 Å². The van der Waals surface area contributed by atoms with Crippen molar-refractivity contribution in [3.05, 3.63) is 70.7 Å². The van der Waals surface area contributed by atoms with E-state index in [0.717, 1.165) is 27.8 Å². The summed E-state index contributed by atoms with van der Waals surface area (Å²) in [6.07, 6.45) is 2.42. The Bertz CT molecular complexity index is 875. The minimum absolute atomic E-state index is 0.166. The monoisotopic (exact) mass is 368 g/mol. The number of aromatic nitrogens is 3. The third-order valence-corrected chi connectivity index (χ3v) is 4.38. The number of nitrogens with zero attached hydrogens (tertiary/aromatic N) is 4. The van der Waals surface area contributed by atoms with Crippen molar-refractivity contribution >= 4 is 27.5 Å².